The van der Waals surface area contributed by atoms with Crippen LogP contribution < -0.4 is 0 Å². The van der Waals surface area contributed by atoms with E-state index in [2.05, 4.69) is 15.3 Å². The minimum Gasteiger partial charge on any atom is -0.299 e. The smallest absolute Gasteiger partial charge is 0.142 e. The lowest BCUT2D eigenvalue weighted by molar-refractivity contribution is -0.116. The molecule has 0 N–H and O–H groups in total. The third-order valence-electron chi connectivity index (χ3n) is 3.35. The molecule has 3 nitrogen and oxygen atoms in total. The standard InChI is InChI=1S/C16H13ClN2OS2/c1-9(20)10(2)22-16-14-13(7-21-15(14)18-8-19-16)11-3-5-12(17)6-4-11/h3-8,10H,1-2H3/t10-/m0/s1. The number of carbonyl (C=O) groups is 1. The zero-order valence-corrected chi connectivity index (χ0v) is 14.4. The number of nitrogens with zero attached hydrogens (tertiary/aromatic N) is 2. The van der Waals surface area contributed by atoms with E-state index in [1.807, 2.05) is 31.2 Å². The molecule has 0 aliphatic rings. The molecule has 0 aliphatic carbocycles. The molecule has 6 heteroatoms. The Balaban J connectivity index is 2.12. The van der Waals surface area contributed by atoms with Gasteiger partial charge >= 0.3 is 0 Å². The highest BCUT2D eigenvalue weighted by Crippen LogP contribution is 2.39. The SMILES string of the molecule is CC(=O)[C@H](C)Sc1ncnc2scc(-c3ccc(Cl)cc3)c12. The van der Waals surface area contributed by atoms with E-state index in [0.29, 0.717) is 5.02 Å². The average Bonchev–Trinajstić information content (AvgIpc) is 2.93. The molecule has 3 rings (SSSR count). The van der Waals surface area contributed by atoms with Gasteiger partial charge in [-0.25, -0.2) is 9.97 Å². The molecule has 0 spiro atoms. The van der Waals surface area contributed by atoms with Crippen LogP contribution in [-0.4, -0.2) is 21.0 Å². The average molecular weight is 349 g/mol. The lowest BCUT2D eigenvalue weighted by Gasteiger charge is -2.09. The molecule has 2 heterocycles. The Morgan fingerprint density at radius 2 is 2.00 bits per heavy atom. The zero-order chi connectivity index (χ0) is 15.7. The van der Waals surface area contributed by atoms with Crippen molar-refractivity contribution in [1.82, 2.24) is 9.97 Å². The van der Waals surface area contributed by atoms with Gasteiger partial charge in [0.2, 0.25) is 0 Å². The quantitative estimate of drug-likeness (QED) is 0.487. The Morgan fingerprint density at radius 1 is 1.27 bits per heavy atom. The van der Waals surface area contributed by atoms with Gasteiger partial charge in [0, 0.05) is 16.0 Å². The van der Waals surface area contributed by atoms with Crippen LogP contribution in [0, 0.1) is 0 Å². The third kappa shape index (κ3) is 3.02. The van der Waals surface area contributed by atoms with Gasteiger partial charge in [0.1, 0.15) is 22.0 Å². The van der Waals surface area contributed by atoms with Crippen molar-refractivity contribution >= 4 is 50.7 Å². The van der Waals surface area contributed by atoms with E-state index >= 15 is 0 Å². The first-order chi connectivity index (χ1) is 10.6. The maximum Gasteiger partial charge on any atom is 0.142 e. The van der Waals surface area contributed by atoms with Crippen molar-refractivity contribution in [2.24, 2.45) is 0 Å². The molecule has 0 radical (unpaired) electrons. The molecular formula is C16H13ClN2OS2. The van der Waals surface area contributed by atoms with Crippen LogP contribution in [0.5, 0.6) is 0 Å². The lowest BCUT2D eigenvalue weighted by atomic mass is 10.1. The minimum absolute atomic E-state index is 0.129. The first-order valence-corrected chi connectivity index (χ1v) is 8.85. The van der Waals surface area contributed by atoms with Gasteiger partial charge in [-0.05, 0) is 31.5 Å². The molecule has 22 heavy (non-hydrogen) atoms. The highest BCUT2D eigenvalue weighted by Gasteiger charge is 2.17. The van der Waals surface area contributed by atoms with Crippen molar-refractivity contribution in [3.05, 3.63) is 41.0 Å². The maximum absolute atomic E-state index is 11.5. The number of ketones is 1. The Kier molecular flexibility index (Phi) is 4.47. The van der Waals surface area contributed by atoms with Gasteiger partial charge < -0.3 is 0 Å². The molecule has 1 aromatic carbocycles. The fraction of sp³-hybridized carbons (Fsp3) is 0.188. The largest absolute Gasteiger partial charge is 0.299 e. The fourth-order valence-electron chi connectivity index (χ4n) is 2.03. The van der Waals surface area contributed by atoms with Crippen molar-refractivity contribution in [1.29, 1.82) is 0 Å². The number of hydrogen-bond acceptors (Lipinski definition) is 5. The van der Waals surface area contributed by atoms with Crippen molar-refractivity contribution in [2.45, 2.75) is 24.1 Å². The Bertz CT molecular complexity index is 830. The number of carbonyl (C=O) groups excluding carboxylic acids is 1. The van der Waals surface area contributed by atoms with Crippen LogP contribution in [0.1, 0.15) is 13.8 Å². The van der Waals surface area contributed by atoms with Crippen molar-refractivity contribution in [3.63, 3.8) is 0 Å². The molecule has 2 aromatic heterocycles. The first kappa shape index (κ1) is 15.5. The molecule has 0 amide bonds. The van der Waals surface area contributed by atoms with E-state index in [1.54, 1.807) is 24.6 Å². The molecule has 0 unspecified atom stereocenters. The fourth-order valence-corrected chi connectivity index (χ4v) is 4.07. The number of benzene rings is 1. The molecule has 0 saturated carbocycles. The monoisotopic (exact) mass is 348 g/mol. The summed E-state index contributed by atoms with van der Waals surface area (Å²) in [5.41, 5.74) is 2.15. The van der Waals surface area contributed by atoms with Crippen LogP contribution in [0.15, 0.2) is 41.0 Å². The lowest BCUT2D eigenvalue weighted by Crippen LogP contribution is -2.08. The van der Waals surface area contributed by atoms with Crippen molar-refractivity contribution in [3.8, 4) is 11.1 Å². The van der Waals surface area contributed by atoms with E-state index in [0.717, 1.165) is 26.4 Å². The first-order valence-electron chi connectivity index (χ1n) is 6.71. The highest BCUT2D eigenvalue weighted by molar-refractivity contribution is 8.00. The molecule has 0 saturated heterocycles. The molecule has 112 valence electrons. The Morgan fingerprint density at radius 3 is 2.68 bits per heavy atom. The van der Waals surface area contributed by atoms with Gasteiger partial charge in [-0.1, -0.05) is 35.5 Å². The molecule has 1 atom stereocenters. The summed E-state index contributed by atoms with van der Waals surface area (Å²) in [6, 6.07) is 7.71. The van der Waals surface area contributed by atoms with Crippen molar-refractivity contribution < 1.29 is 4.79 Å². The van der Waals surface area contributed by atoms with Crippen LogP contribution in [0.4, 0.5) is 0 Å². The van der Waals surface area contributed by atoms with E-state index in [-0.39, 0.29) is 11.0 Å². The van der Waals surface area contributed by atoms with E-state index in [4.69, 9.17) is 11.6 Å². The van der Waals surface area contributed by atoms with Gasteiger partial charge in [-0.15, -0.1) is 11.3 Å². The van der Waals surface area contributed by atoms with Gasteiger partial charge in [-0.2, -0.15) is 0 Å². The Labute approximate surface area is 141 Å². The summed E-state index contributed by atoms with van der Waals surface area (Å²) in [5, 5.41) is 4.51. The summed E-state index contributed by atoms with van der Waals surface area (Å²) in [7, 11) is 0. The number of hydrogen-bond donors (Lipinski definition) is 0. The second-order valence-electron chi connectivity index (χ2n) is 4.89. The molecule has 0 aliphatic heterocycles. The van der Waals surface area contributed by atoms with E-state index in [9.17, 15) is 4.79 Å². The van der Waals surface area contributed by atoms with Gasteiger partial charge in [0.05, 0.1) is 10.6 Å². The summed E-state index contributed by atoms with van der Waals surface area (Å²) >= 11 is 9.02. The number of Topliss-reactive ketones (excluding diaryl/α,β-unsaturated/α-hetero) is 1. The summed E-state index contributed by atoms with van der Waals surface area (Å²) in [5.74, 6) is 0.139. The zero-order valence-electron chi connectivity index (χ0n) is 12.0. The Hall–Kier alpha value is -1.43. The second-order valence-corrected chi connectivity index (χ2v) is 7.51. The number of aromatic nitrogens is 2. The predicted molar refractivity (Wildman–Crippen MR) is 93.9 cm³/mol. The molecular weight excluding hydrogens is 336 g/mol. The number of halogens is 1. The van der Waals surface area contributed by atoms with Gasteiger partial charge in [0.15, 0.2) is 0 Å². The minimum atomic E-state index is -0.129. The van der Waals surface area contributed by atoms with Crippen LogP contribution in [0.3, 0.4) is 0 Å². The summed E-state index contributed by atoms with van der Waals surface area (Å²) in [6.45, 7) is 3.50. The van der Waals surface area contributed by atoms with Crippen molar-refractivity contribution in [2.75, 3.05) is 0 Å². The molecule has 3 aromatic rings. The third-order valence-corrected chi connectivity index (χ3v) is 5.71. The van der Waals surface area contributed by atoms with Crippen LogP contribution in [0.25, 0.3) is 21.3 Å². The van der Waals surface area contributed by atoms with Crippen LogP contribution >= 0.6 is 34.7 Å². The van der Waals surface area contributed by atoms with Gasteiger partial charge in [0.25, 0.3) is 0 Å². The van der Waals surface area contributed by atoms with E-state index in [1.165, 1.54) is 11.8 Å². The number of thiophene rings is 1. The molecule has 0 fully saturated rings. The predicted octanol–water partition coefficient (Wildman–Crippen LogP) is 5.08. The number of fused-ring (bicyclic) bond motifs is 1. The highest BCUT2D eigenvalue weighted by atomic mass is 35.5. The summed E-state index contributed by atoms with van der Waals surface area (Å²) < 4.78 is 0. The van der Waals surface area contributed by atoms with Crippen LogP contribution in [-0.2, 0) is 4.79 Å². The van der Waals surface area contributed by atoms with Crippen LogP contribution in [0.2, 0.25) is 5.02 Å². The maximum atomic E-state index is 11.5. The molecule has 0 bridgehead atoms. The summed E-state index contributed by atoms with van der Waals surface area (Å²) in [6.07, 6.45) is 1.56. The number of thioether (sulfide) groups is 1. The topological polar surface area (TPSA) is 42.9 Å². The normalized spacial score (nSPS) is 12.5. The number of rotatable bonds is 4. The summed E-state index contributed by atoms with van der Waals surface area (Å²) in [4.78, 5) is 21.2. The van der Waals surface area contributed by atoms with E-state index < -0.39 is 0 Å². The van der Waals surface area contributed by atoms with Gasteiger partial charge in [-0.3, -0.25) is 4.79 Å². The second kappa shape index (κ2) is 6.36.